The molecule has 1 heterocycles. The van der Waals surface area contributed by atoms with Crippen molar-refractivity contribution in [3.05, 3.63) is 23.9 Å². The molecular formula is C9H14FN. The molecule has 0 aromatic heterocycles. The van der Waals surface area contributed by atoms with Crippen LogP contribution >= 0.6 is 0 Å². The van der Waals surface area contributed by atoms with Crippen molar-refractivity contribution in [3.8, 4) is 0 Å². The second-order valence-electron chi connectivity index (χ2n) is 2.86. The van der Waals surface area contributed by atoms with E-state index in [9.17, 15) is 4.39 Å². The molecule has 2 unspecified atom stereocenters. The van der Waals surface area contributed by atoms with Crippen LogP contribution in [0.4, 0.5) is 4.39 Å². The zero-order valence-corrected chi connectivity index (χ0v) is 6.97. The lowest BCUT2D eigenvalue weighted by atomic mass is 10.0. The van der Waals surface area contributed by atoms with E-state index in [1.54, 1.807) is 6.08 Å². The summed E-state index contributed by atoms with van der Waals surface area (Å²) in [5.74, 6) is 0.429. The Morgan fingerprint density at radius 1 is 1.73 bits per heavy atom. The van der Waals surface area contributed by atoms with Gasteiger partial charge in [-0.2, -0.15) is 0 Å². The number of halogens is 1. The Balaban J connectivity index is 2.58. The van der Waals surface area contributed by atoms with Gasteiger partial charge in [0.15, 0.2) is 6.30 Å². The largest absolute Gasteiger partial charge is 0.356 e. The van der Waals surface area contributed by atoms with E-state index >= 15 is 0 Å². The Kier molecular flexibility index (Phi) is 2.69. The van der Waals surface area contributed by atoms with E-state index in [0.29, 0.717) is 5.92 Å². The molecule has 62 valence electrons. The summed E-state index contributed by atoms with van der Waals surface area (Å²) < 4.78 is 12.7. The van der Waals surface area contributed by atoms with Crippen LogP contribution < -0.4 is 5.32 Å². The number of dihydropyridines is 1. The highest BCUT2D eigenvalue weighted by molar-refractivity contribution is 5.19. The summed E-state index contributed by atoms with van der Waals surface area (Å²) in [5.41, 5.74) is 1.00. The van der Waals surface area contributed by atoms with Crippen molar-refractivity contribution in [3.63, 3.8) is 0 Å². The number of nitrogens with one attached hydrogen (secondary N) is 1. The lowest BCUT2D eigenvalue weighted by Gasteiger charge is -2.20. The zero-order chi connectivity index (χ0) is 8.27. The quantitative estimate of drug-likeness (QED) is 0.604. The second-order valence-corrected chi connectivity index (χ2v) is 2.86. The number of allylic oxidation sites excluding steroid dienone is 3. The predicted molar refractivity (Wildman–Crippen MR) is 44.7 cm³/mol. The fourth-order valence-corrected chi connectivity index (χ4v) is 1.04. The normalized spacial score (nSPS) is 25.7. The van der Waals surface area contributed by atoms with Crippen LogP contribution in [-0.4, -0.2) is 6.30 Å². The molecular weight excluding hydrogens is 141 g/mol. The number of hydrogen-bond donors (Lipinski definition) is 1. The van der Waals surface area contributed by atoms with Gasteiger partial charge in [0.2, 0.25) is 0 Å². The first-order valence-corrected chi connectivity index (χ1v) is 4.03. The Morgan fingerprint density at radius 3 is 3.00 bits per heavy atom. The lowest BCUT2D eigenvalue weighted by molar-refractivity contribution is 0.340. The molecule has 0 bridgehead atoms. The van der Waals surface area contributed by atoms with Crippen molar-refractivity contribution in [1.29, 1.82) is 0 Å². The van der Waals surface area contributed by atoms with Crippen LogP contribution in [0.2, 0.25) is 0 Å². The van der Waals surface area contributed by atoms with Gasteiger partial charge in [0, 0.05) is 5.70 Å². The fraction of sp³-hybridized carbons (Fsp3) is 0.556. The Hall–Kier alpha value is -0.790. The molecule has 0 fully saturated rings. The summed E-state index contributed by atoms with van der Waals surface area (Å²) in [7, 11) is 0. The summed E-state index contributed by atoms with van der Waals surface area (Å²) in [6.45, 7) is 4.18. The zero-order valence-electron chi connectivity index (χ0n) is 6.97. The average molecular weight is 155 g/mol. The molecule has 0 amide bonds. The minimum Gasteiger partial charge on any atom is -0.356 e. The molecule has 1 rings (SSSR count). The van der Waals surface area contributed by atoms with Crippen molar-refractivity contribution in [1.82, 2.24) is 5.32 Å². The fourth-order valence-electron chi connectivity index (χ4n) is 1.04. The highest BCUT2D eigenvalue weighted by Gasteiger charge is 2.11. The van der Waals surface area contributed by atoms with Crippen LogP contribution in [0.3, 0.4) is 0 Å². The maximum atomic E-state index is 12.7. The first-order chi connectivity index (χ1) is 5.24. The summed E-state index contributed by atoms with van der Waals surface area (Å²) >= 11 is 0. The molecule has 1 N–H and O–H groups in total. The summed E-state index contributed by atoms with van der Waals surface area (Å²) in [5, 5.41) is 2.77. The standard InChI is InChI=1S/C9H14FN/c1-3-7(2)8-5-4-6-9(10)11-8/h4-7,9,11H,3H2,1-2H3. The van der Waals surface area contributed by atoms with E-state index < -0.39 is 6.30 Å². The van der Waals surface area contributed by atoms with Gasteiger partial charge in [-0.3, -0.25) is 0 Å². The molecule has 11 heavy (non-hydrogen) atoms. The molecule has 0 aromatic carbocycles. The van der Waals surface area contributed by atoms with Crippen LogP contribution in [0, 0.1) is 5.92 Å². The Labute approximate surface area is 67.0 Å². The first kappa shape index (κ1) is 8.31. The first-order valence-electron chi connectivity index (χ1n) is 4.03. The molecule has 1 aliphatic heterocycles. The predicted octanol–water partition coefficient (Wildman–Crippen LogP) is 2.37. The smallest absolute Gasteiger partial charge is 0.189 e. The van der Waals surface area contributed by atoms with Crippen molar-refractivity contribution < 1.29 is 4.39 Å². The number of alkyl halides is 1. The molecule has 2 atom stereocenters. The van der Waals surface area contributed by atoms with Gasteiger partial charge < -0.3 is 5.32 Å². The minimum atomic E-state index is -0.996. The van der Waals surface area contributed by atoms with Gasteiger partial charge in [-0.05, 0) is 24.5 Å². The minimum absolute atomic E-state index is 0.429. The molecule has 2 heteroatoms. The van der Waals surface area contributed by atoms with Crippen molar-refractivity contribution in [2.24, 2.45) is 5.92 Å². The highest BCUT2D eigenvalue weighted by Crippen LogP contribution is 2.15. The summed E-state index contributed by atoms with van der Waals surface area (Å²) in [4.78, 5) is 0. The van der Waals surface area contributed by atoms with E-state index in [1.807, 2.05) is 6.08 Å². The third-order valence-electron chi connectivity index (χ3n) is 2.00. The van der Waals surface area contributed by atoms with E-state index in [1.165, 1.54) is 6.08 Å². The van der Waals surface area contributed by atoms with E-state index in [0.717, 1.165) is 12.1 Å². The van der Waals surface area contributed by atoms with E-state index in [-0.39, 0.29) is 0 Å². The van der Waals surface area contributed by atoms with Crippen LogP contribution in [0.15, 0.2) is 23.9 Å². The molecule has 1 nitrogen and oxygen atoms in total. The lowest BCUT2D eigenvalue weighted by Crippen LogP contribution is -2.27. The maximum absolute atomic E-state index is 12.7. The maximum Gasteiger partial charge on any atom is 0.189 e. The van der Waals surface area contributed by atoms with Gasteiger partial charge >= 0.3 is 0 Å². The summed E-state index contributed by atoms with van der Waals surface area (Å²) in [6.07, 6.45) is 5.25. The molecule has 0 aliphatic carbocycles. The third kappa shape index (κ3) is 2.07. The second kappa shape index (κ2) is 3.56. The van der Waals surface area contributed by atoms with Gasteiger partial charge in [-0.25, -0.2) is 4.39 Å². The van der Waals surface area contributed by atoms with Gasteiger partial charge in [0.25, 0.3) is 0 Å². The van der Waals surface area contributed by atoms with Crippen LogP contribution in [0.1, 0.15) is 20.3 Å². The van der Waals surface area contributed by atoms with E-state index in [4.69, 9.17) is 0 Å². The monoisotopic (exact) mass is 155 g/mol. The Morgan fingerprint density at radius 2 is 2.45 bits per heavy atom. The number of rotatable bonds is 2. The molecule has 1 aliphatic rings. The van der Waals surface area contributed by atoms with Crippen molar-refractivity contribution >= 4 is 0 Å². The topological polar surface area (TPSA) is 12.0 Å². The SMILES string of the molecule is CCC(C)C1=CC=CC(F)N1. The molecule has 0 aromatic rings. The summed E-state index contributed by atoms with van der Waals surface area (Å²) in [6, 6.07) is 0. The van der Waals surface area contributed by atoms with Gasteiger partial charge in [0.05, 0.1) is 0 Å². The van der Waals surface area contributed by atoms with Crippen LogP contribution in [0.5, 0.6) is 0 Å². The third-order valence-corrected chi connectivity index (χ3v) is 2.00. The highest BCUT2D eigenvalue weighted by atomic mass is 19.1. The molecule has 0 spiro atoms. The van der Waals surface area contributed by atoms with Crippen molar-refractivity contribution in [2.45, 2.75) is 26.6 Å². The van der Waals surface area contributed by atoms with Crippen LogP contribution in [-0.2, 0) is 0 Å². The van der Waals surface area contributed by atoms with Gasteiger partial charge in [-0.1, -0.05) is 19.9 Å². The average Bonchev–Trinajstić information content (AvgIpc) is 2.03. The Bertz CT molecular complexity index is 184. The molecule has 0 radical (unpaired) electrons. The van der Waals surface area contributed by atoms with Crippen LogP contribution in [0.25, 0.3) is 0 Å². The van der Waals surface area contributed by atoms with Gasteiger partial charge in [-0.15, -0.1) is 0 Å². The molecule has 0 saturated carbocycles. The van der Waals surface area contributed by atoms with Crippen molar-refractivity contribution in [2.75, 3.05) is 0 Å². The van der Waals surface area contributed by atoms with E-state index in [2.05, 4.69) is 19.2 Å². The van der Waals surface area contributed by atoms with Gasteiger partial charge in [0.1, 0.15) is 0 Å². The molecule has 0 saturated heterocycles. The number of hydrogen-bond acceptors (Lipinski definition) is 1.